The molecule has 0 aliphatic carbocycles. The van der Waals surface area contributed by atoms with E-state index in [0.717, 1.165) is 37.7 Å². The highest BCUT2D eigenvalue weighted by atomic mass is 16.5. The van der Waals surface area contributed by atoms with Crippen molar-refractivity contribution < 1.29 is 9.47 Å². The predicted molar refractivity (Wildman–Crippen MR) is 76.9 cm³/mol. The van der Waals surface area contributed by atoms with E-state index < -0.39 is 0 Å². The minimum atomic E-state index is 0.189. The molecule has 2 rings (SSSR count). The van der Waals surface area contributed by atoms with E-state index in [1.807, 2.05) is 6.07 Å². The summed E-state index contributed by atoms with van der Waals surface area (Å²) >= 11 is 0. The molecule has 4 heteroatoms. The van der Waals surface area contributed by atoms with Crippen LogP contribution in [0.5, 0.6) is 11.5 Å². The van der Waals surface area contributed by atoms with E-state index in [1.165, 1.54) is 5.56 Å². The van der Waals surface area contributed by atoms with Crippen LogP contribution in [0.4, 0.5) is 0 Å². The topological polar surface area (TPSA) is 33.7 Å². The maximum Gasteiger partial charge on any atom is 0.161 e. The lowest BCUT2D eigenvalue weighted by Gasteiger charge is -2.39. The summed E-state index contributed by atoms with van der Waals surface area (Å²) in [6.07, 6.45) is 0. The van der Waals surface area contributed by atoms with Gasteiger partial charge in [-0.15, -0.1) is 0 Å². The fourth-order valence-electron chi connectivity index (χ4n) is 2.62. The minimum absolute atomic E-state index is 0.189. The van der Waals surface area contributed by atoms with E-state index in [0.29, 0.717) is 0 Å². The maximum atomic E-state index is 5.35. The van der Waals surface area contributed by atoms with Gasteiger partial charge < -0.3 is 14.8 Å². The zero-order valence-corrected chi connectivity index (χ0v) is 12.3. The first-order valence-corrected chi connectivity index (χ1v) is 6.72. The average Bonchev–Trinajstić information content (AvgIpc) is 2.37. The molecule has 1 saturated heterocycles. The number of piperazine rings is 1. The van der Waals surface area contributed by atoms with Crippen molar-refractivity contribution >= 4 is 0 Å². The van der Waals surface area contributed by atoms with Crippen molar-refractivity contribution in [3.63, 3.8) is 0 Å². The van der Waals surface area contributed by atoms with Crippen LogP contribution in [0.2, 0.25) is 0 Å². The van der Waals surface area contributed by atoms with Gasteiger partial charge in [-0.05, 0) is 31.5 Å². The summed E-state index contributed by atoms with van der Waals surface area (Å²) in [5, 5.41) is 3.53. The van der Waals surface area contributed by atoms with Crippen LogP contribution in [0.1, 0.15) is 19.4 Å². The summed E-state index contributed by atoms with van der Waals surface area (Å²) in [7, 11) is 3.34. The van der Waals surface area contributed by atoms with E-state index in [4.69, 9.17) is 9.47 Å². The molecular weight excluding hydrogens is 240 g/mol. The number of hydrogen-bond donors (Lipinski definition) is 1. The minimum Gasteiger partial charge on any atom is -0.493 e. The van der Waals surface area contributed by atoms with Crippen LogP contribution < -0.4 is 14.8 Å². The smallest absolute Gasteiger partial charge is 0.161 e. The average molecular weight is 264 g/mol. The van der Waals surface area contributed by atoms with Crippen LogP contribution in [0.3, 0.4) is 0 Å². The van der Waals surface area contributed by atoms with Gasteiger partial charge in [0, 0.05) is 31.7 Å². The van der Waals surface area contributed by atoms with Gasteiger partial charge in [-0.1, -0.05) is 6.07 Å². The lowest BCUT2D eigenvalue weighted by Crippen LogP contribution is -2.56. The SMILES string of the molecule is COc1ccc(CN2CCNC(C)(C)C2)cc1OC. The monoisotopic (exact) mass is 264 g/mol. The normalized spacial score (nSPS) is 19.2. The van der Waals surface area contributed by atoms with Crippen molar-refractivity contribution in [3.8, 4) is 11.5 Å². The molecule has 1 aromatic rings. The Kier molecular flexibility index (Phi) is 4.32. The summed E-state index contributed by atoms with van der Waals surface area (Å²) < 4.78 is 10.6. The summed E-state index contributed by atoms with van der Waals surface area (Å²) in [6.45, 7) is 8.62. The Morgan fingerprint density at radius 1 is 1.21 bits per heavy atom. The summed E-state index contributed by atoms with van der Waals surface area (Å²) in [5.74, 6) is 1.58. The fraction of sp³-hybridized carbons (Fsp3) is 0.600. The third-order valence-electron chi connectivity index (χ3n) is 3.50. The van der Waals surface area contributed by atoms with Crippen molar-refractivity contribution in [1.82, 2.24) is 10.2 Å². The van der Waals surface area contributed by atoms with Gasteiger partial charge in [0.25, 0.3) is 0 Å². The molecule has 1 aliphatic rings. The van der Waals surface area contributed by atoms with Gasteiger partial charge in [-0.3, -0.25) is 4.90 Å². The quantitative estimate of drug-likeness (QED) is 0.900. The highest BCUT2D eigenvalue weighted by Gasteiger charge is 2.25. The first kappa shape index (κ1) is 14.2. The second-order valence-corrected chi connectivity index (χ2v) is 5.71. The Morgan fingerprint density at radius 2 is 1.95 bits per heavy atom. The molecule has 1 fully saturated rings. The van der Waals surface area contributed by atoms with Crippen LogP contribution in [0, 0.1) is 0 Å². The zero-order valence-electron chi connectivity index (χ0n) is 12.3. The summed E-state index contributed by atoms with van der Waals surface area (Å²) in [5.41, 5.74) is 1.45. The van der Waals surface area contributed by atoms with Gasteiger partial charge in [-0.2, -0.15) is 0 Å². The third-order valence-corrected chi connectivity index (χ3v) is 3.50. The number of rotatable bonds is 4. The molecule has 19 heavy (non-hydrogen) atoms. The third kappa shape index (κ3) is 3.61. The number of ether oxygens (including phenoxy) is 2. The first-order chi connectivity index (χ1) is 9.04. The van der Waals surface area contributed by atoms with Crippen LogP contribution in [-0.4, -0.2) is 44.3 Å². The molecule has 1 aliphatic heterocycles. The van der Waals surface area contributed by atoms with Gasteiger partial charge in [0.15, 0.2) is 11.5 Å². The highest BCUT2D eigenvalue weighted by Crippen LogP contribution is 2.28. The lowest BCUT2D eigenvalue weighted by molar-refractivity contribution is 0.148. The van der Waals surface area contributed by atoms with Gasteiger partial charge in [0.2, 0.25) is 0 Å². The van der Waals surface area contributed by atoms with E-state index in [9.17, 15) is 0 Å². The van der Waals surface area contributed by atoms with E-state index in [-0.39, 0.29) is 5.54 Å². The molecule has 0 spiro atoms. The first-order valence-electron chi connectivity index (χ1n) is 6.72. The largest absolute Gasteiger partial charge is 0.493 e. The van der Waals surface area contributed by atoms with Crippen LogP contribution in [0.25, 0.3) is 0 Å². The predicted octanol–water partition coefficient (Wildman–Crippen LogP) is 1.89. The maximum absolute atomic E-state index is 5.35. The van der Waals surface area contributed by atoms with Gasteiger partial charge in [0.05, 0.1) is 14.2 Å². The number of nitrogens with one attached hydrogen (secondary N) is 1. The van der Waals surface area contributed by atoms with E-state index in [1.54, 1.807) is 14.2 Å². The molecule has 0 bridgehead atoms. The molecule has 1 aromatic carbocycles. The van der Waals surface area contributed by atoms with Gasteiger partial charge in [0.1, 0.15) is 0 Å². The van der Waals surface area contributed by atoms with Crippen LogP contribution in [-0.2, 0) is 6.54 Å². The Bertz CT molecular complexity index is 432. The molecule has 0 amide bonds. The van der Waals surface area contributed by atoms with Crippen molar-refractivity contribution in [2.75, 3.05) is 33.9 Å². The second kappa shape index (κ2) is 5.80. The molecule has 0 aromatic heterocycles. The fourth-order valence-corrected chi connectivity index (χ4v) is 2.62. The number of methoxy groups -OCH3 is 2. The highest BCUT2D eigenvalue weighted by molar-refractivity contribution is 5.42. The Labute approximate surface area is 115 Å². The second-order valence-electron chi connectivity index (χ2n) is 5.71. The Balaban J connectivity index is 2.06. The van der Waals surface area contributed by atoms with E-state index >= 15 is 0 Å². The molecule has 4 nitrogen and oxygen atoms in total. The van der Waals surface area contributed by atoms with Crippen molar-refractivity contribution in [1.29, 1.82) is 0 Å². The Morgan fingerprint density at radius 3 is 2.58 bits per heavy atom. The standard InChI is InChI=1S/C15H24N2O2/c1-15(2)11-17(8-7-16-15)10-12-5-6-13(18-3)14(9-12)19-4/h5-6,9,16H,7-8,10-11H2,1-4H3. The number of nitrogens with zero attached hydrogens (tertiary/aromatic N) is 1. The molecule has 106 valence electrons. The summed E-state index contributed by atoms with van der Waals surface area (Å²) in [4.78, 5) is 2.47. The zero-order chi connectivity index (χ0) is 13.9. The number of benzene rings is 1. The van der Waals surface area contributed by atoms with Crippen LogP contribution in [0.15, 0.2) is 18.2 Å². The molecule has 0 radical (unpaired) electrons. The van der Waals surface area contributed by atoms with Crippen molar-refractivity contribution in [2.24, 2.45) is 0 Å². The molecule has 1 heterocycles. The number of hydrogen-bond acceptors (Lipinski definition) is 4. The van der Waals surface area contributed by atoms with Gasteiger partial charge in [-0.25, -0.2) is 0 Å². The lowest BCUT2D eigenvalue weighted by atomic mass is 10.0. The van der Waals surface area contributed by atoms with Gasteiger partial charge >= 0.3 is 0 Å². The molecule has 0 unspecified atom stereocenters. The Hall–Kier alpha value is -1.26. The molecular formula is C15H24N2O2. The van der Waals surface area contributed by atoms with Crippen molar-refractivity contribution in [3.05, 3.63) is 23.8 Å². The molecule has 1 N–H and O–H groups in total. The molecule has 0 atom stereocenters. The molecule has 0 saturated carbocycles. The summed E-state index contributed by atoms with van der Waals surface area (Å²) in [6, 6.07) is 6.14. The van der Waals surface area contributed by atoms with Crippen LogP contribution >= 0.6 is 0 Å². The van der Waals surface area contributed by atoms with E-state index in [2.05, 4.69) is 36.2 Å². The van der Waals surface area contributed by atoms with Crippen molar-refractivity contribution in [2.45, 2.75) is 25.9 Å².